The first-order chi connectivity index (χ1) is 9.96. The van der Waals surface area contributed by atoms with Gasteiger partial charge in [0.25, 0.3) is 0 Å². The second kappa shape index (κ2) is 5.57. The van der Waals surface area contributed by atoms with Crippen molar-refractivity contribution in [2.45, 2.75) is 19.3 Å². The molecule has 108 valence electrons. The van der Waals surface area contributed by atoms with E-state index in [0.29, 0.717) is 0 Å². The van der Waals surface area contributed by atoms with Gasteiger partial charge in [0.2, 0.25) is 0 Å². The van der Waals surface area contributed by atoms with Crippen molar-refractivity contribution in [1.29, 1.82) is 0 Å². The zero-order valence-corrected chi connectivity index (χ0v) is 12.4. The molecule has 0 atom stereocenters. The summed E-state index contributed by atoms with van der Waals surface area (Å²) in [5.41, 5.74) is -0.305. The highest BCUT2D eigenvalue weighted by atomic mass is 16.4. The van der Waals surface area contributed by atoms with Crippen LogP contribution in [0, 0.1) is 5.41 Å². The van der Waals surface area contributed by atoms with Gasteiger partial charge in [-0.05, 0) is 11.1 Å². The van der Waals surface area contributed by atoms with Crippen LogP contribution in [0.25, 0.3) is 0 Å². The van der Waals surface area contributed by atoms with E-state index < -0.39 is 16.8 Å². The van der Waals surface area contributed by atoms with Crippen LogP contribution >= 0.6 is 0 Å². The van der Waals surface area contributed by atoms with E-state index in [1.807, 2.05) is 74.5 Å². The van der Waals surface area contributed by atoms with Gasteiger partial charge in [0, 0.05) is 5.41 Å². The van der Waals surface area contributed by atoms with Crippen LogP contribution in [0.1, 0.15) is 25.0 Å². The summed E-state index contributed by atoms with van der Waals surface area (Å²) in [5, 5.41) is 10.1. The molecular formula is C19H20O2. The van der Waals surface area contributed by atoms with E-state index in [1.165, 1.54) is 0 Å². The van der Waals surface area contributed by atoms with E-state index in [2.05, 4.69) is 6.58 Å². The van der Waals surface area contributed by atoms with Crippen molar-refractivity contribution >= 4 is 5.97 Å². The molecule has 0 aliphatic carbocycles. The lowest BCUT2D eigenvalue weighted by molar-refractivity contribution is -0.145. The maximum Gasteiger partial charge on any atom is 0.319 e. The van der Waals surface area contributed by atoms with Gasteiger partial charge in [0.15, 0.2) is 0 Å². The average Bonchev–Trinajstić information content (AvgIpc) is 2.49. The summed E-state index contributed by atoms with van der Waals surface area (Å²) in [4.78, 5) is 12.4. The third kappa shape index (κ3) is 2.27. The summed E-state index contributed by atoms with van der Waals surface area (Å²) in [6.45, 7) is 7.69. The molecule has 0 heterocycles. The van der Waals surface area contributed by atoms with Crippen LogP contribution in [0.15, 0.2) is 73.3 Å². The smallest absolute Gasteiger partial charge is 0.319 e. The molecule has 0 spiro atoms. The Kier molecular flexibility index (Phi) is 3.99. The number of hydrogen-bond donors (Lipinski definition) is 1. The predicted molar refractivity (Wildman–Crippen MR) is 85.3 cm³/mol. The van der Waals surface area contributed by atoms with Gasteiger partial charge in [0.1, 0.15) is 5.41 Å². The Balaban J connectivity index is 2.86. The van der Waals surface area contributed by atoms with Crippen LogP contribution in [-0.4, -0.2) is 11.1 Å². The fourth-order valence-corrected chi connectivity index (χ4v) is 2.96. The second-order valence-corrected chi connectivity index (χ2v) is 5.71. The number of carboxylic acids is 1. The molecular weight excluding hydrogens is 260 g/mol. The summed E-state index contributed by atoms with van der Waals surface area (Å²) in [6.07, 6.45) is 1.72. The fraction of sp³-hybridized carbons (Fsp3) is 0.211. The molecule has 2 nitrogen and oxygen atoms in total. The van der Waals surface area contributed by atoms with E-state index in [4.69, 9.17) is 0 Å². The molecule has 0 fully saturated rings. The van der Waals surface area contributed by atoms with Gasteiger partial charge in [-0.2, -0.15) is 0 Å². The quantitative estimate of drug-likeness (QED) is 0.830. The minimum atomic E-state index is -1.17. The topological polar surface area (TPSA) is 37.3 Å². The van der Waals surface area contributed by atoms with E-state index in [0.717, 1.165) is 11.1 Å². The summed E-state index contributed by atoms with van der Waals surface area (Å²) >= 11 is 0. The first-order valence-corrected chi connectivity index (χ1v) is 6.95. The number of carboxylic acid groups (broad SMARTS) is 1. The van der Waals surface area contributed by atoms with E-state index >= 15 is 0 Å². The van der Waals surface area contributed by atoms with Crippen molar-refractivity contribution in [2.75, 3.05) is 0 Å². The van der Waals surface area contributed by atoms with E-state index in [9.17, 15) is 9.90 Å². The summed E-state index contributed by atoms with van der Waals surface area (Å²) in [5.74, 6) is -0.871. The Morgan fingerprint density at radius 1 is 0.952 bits per heavy atom. The van der Waals surface area contributed by atoms with Crippen LogP contribution in [0.3, 0.4) is 0 Å². The molecule has 2 rings (SSSR count). The molecule has 0 aliphatic rings. The number of carbonyl (C=O) groups is 1. The number of rotatable bonds is 5. The molecule has 0 aromatic heterocycles. The first-order valence-electron chi connectivity index (χ1n) is 6.95. The number of benzene rings is 2. The monoisotopic (exact) mass is 280 g/mol. The van der Waals surface area contributed by atoms with E-state index in [-0.39, 0.29) is 0 Å². The van der Waals surface area contributed by atoms with Gasteiger partial charge in [-0.3, -0.25) is 4.79 Å². The second-order valence-electron chi connectivity index (χ2n) is 5.71. The van der Waals surface area contributed by atoms with Gasteiger partial charge in [0.05, 0.1) is 0 Å². The highest BCUT2D eigenvalue weighted by molar-refractivity contribution is 5.87. The minimum Gasteiger partial charge on any atom is -0.480 e. The molecule has 0 radical (unpaired) electrons. The van der Waals surface area contributed by atoms with Crippen LogP contribution in [0.2, 0.25) is 0 Å². The van der Waals surface area contributed by atoms with Crippen molar-refractivity contribution in [3.05, 3.63) is 84.4 Å². The predicted octanol–water partition coefficient (Wildman–Crippen LogP) is 4.27. The molecule has 0 saturated heterocycles. The average molecular weight is 280 g/mol. The van der Waals surface area contributed by atoms with Crippen molar-refractivity contribution < 1.29 is 9.90 Å². The van der Waals surface area contributed by atoms with Crippen molar-refractivity contribution in [3.8, 4) is 0 Å². The molecule has 0 amide bonds. The normalized spacial score (nSPS) is 11.9. The zero-order valence-electron chi connectivity index (χ0n) is 12.4. The summed E-state index contributed by atoms with van der Waals surface area (Å²) in [6, 6.07) is 18.7. The molecule has 0 aliphatic heterocycles. The van der Waals surface area contributed by atoms with Gasteiger partial charge in [-0.15, -0.1) is 6.58 Å². The van der Waals surface area contributed by atoms with Crippen LogP contribution in [0.5, 0.6) is 0 Å². The van der Waals surface area contributed by atoms with Crippen molar-refractivity contribution in [2.24, 2.45) is 5.41 Å². The molecule has 21 heavy (non-hydrogen) atoms. The number of allylic oxidation sites excluding steroid dienone is 1. The zero-order chi connectivity index (χ0) is 15.5. The van der Waals surface area contributed by atoms with E-state index in [1.54, 1.807) is 6.08 Å². The van der Waals surface area contributed by atoms with Crippen molar-refractivity contribution in [1.82, 2.24) is 0 Å². The van der Waals surface area contributed by atoms with Crippen molar-refractivity contribution in [3.63, 3.8) is 0 Å². The Morgan fingerprint density at radius 3 is 1.62 bits per heavy atom. The van der Waals surface area contributed by atoms with Crippen LogP contribution < -0.4 is 0 Å². The molecule has 2 aromatic carbocycles. The Hall–Kier alpha value is -2.35. The maximum atomic E-state index is 12.4. The maximum absolute atomic E-state index is 12.4. The fourth-order valence-electron chi connectivity index (χ4n) is 2.96. The molecule has 0 saturated carbocycles. The van der Waals surface area contributed by atoms with Gasteiger partial charge < -0.3 is 5.11 Å². The van der Waals surface area contributed by atoms with Crippen LogP contribution in [-0.2, 0) is 10.2 Å². The third-order valence-corrected chi connectivity index (χ3v) is 4.21. The van der Waals surface area contributed by atoms with Gasteiger partial charge in [-0.25, -0.2) is 0 Å². The lowest BCUT2D eigenvalue weighted by Gasteiger charge is -2.42. The largest absolute Gasteiger partial charge is 0.480 e. The Morgan fingerprint density at radius 2 is 1.33 bits per heavy atom. The number of aliphatic carboxylic acids is 1. The van der Waals surface area contributed by atoms with Crippen LogP contribution in [0.4, 0.5) is 0 Å². The molecule has 2 aromatic rings. The molecule has 0 unspecified atom stereocenters. The highest BCUT2D eigenvalue weighted by Gasteiger charge is 2.52. The molecule has 0 bridgehead atoms. The Bertz CT molecular complexity index is 588. The third-order valence-electron chi connectivity index (χ3n) is 4.21. The lowest BCUT2D eigenvalue weighted by atomic mass is 9.58. The first kappa shape index (κ1) is 15.0. The number of hydrogen-bond acceptors (Lipinski definition) is 1. The van der Waals surface area contributed by atoms with Gasteiger partial charge in [-0.1, -0.05) is 80.6 Å². The highest BCUT2D eigenvalue weighted by Crippen LogP contribution is 2.48. The molecule has 2 heteroatoms. The summed E-state index contributed by atoms with van der Waals surface area (Å²) in [7, 11) is 0. The summed E-state index contributed by atoms with van der Waals surface area (Å²) < 4.78 is 0. The minimum absolute atomic E-state index is 0.651. The standard InChI is InChI=1S/C19H20O2/c1-4-18(2,3)19(17(20)21,15-11-7-5-8-12-15)16-13-9-6-10-14-16/h4-14H,1H2,2-3H3,(H,20,21). The Labute approximate surface area is 125 Å². The van der Waals surface area contributed by atoms with Gasteiger partial charge >= 0.3 is 5.97 Å². The molecule has 1 N–H and O–H groups in total. The lowest BCUT2D eigenvalue weighted by Crippen LogP contribution is -2.48. The SMILES string of the molecule is C=CC(C)(C)C(C(=O)O)(c1ccccc1)c1ccccc1.